The molecule has 0 atom stereocenters. The van der Waals surface area contributed by atoms with Crippen molar-refractivity contribution in [1.82, 2.24) is 4.90 Å². The Bertz CT molecular complexity index is 376. The second-order valence-electron chi connectivity index (χ2n) is 3.65. The Kier molecular flexibility index (Phi) is 2.43. The fourth-order valence-corrected chi connectivity index (χ4v) is 1.93. The average Bonchev–Trinajstić information content (AvgIpc) is 2.20. The number of hydrogen-bond acceptors (Lipinski definition) is 2. The molecule has 2 N–H and O–H groups in total. The molecular formula is C12H14N2. The van der Waals surface area contributed by atoms with Gasteiger partial charge in [-0.3, -0.25) is 4.90 Å². The topological polar surface area (TPSA) is 29.3 Å². The standard InChI is InChI=1S/C12H14N2/c1-2-7-14-8-6-10-4-3-5-12(13)11(10)9-14/h1,3-5H,6-9,13H2. The lowest BCUT2D eigenvalue weighted by Gasteiger charge is -2.27. The van der Waals surface area contributed by atoms with Gasteiger partial charge < -0.3 is 5.73 Å². The van der Waals surface area contributed by atoms with E-state index in [1.165, 1.54) is 11.1 Å². The van der Waals surface area contributed by atoms with Crippen LogP contribution in [0, 0.1) is 12.3 Å². The summed E-state index contributed by atoms with van der Waals surface area (Å²) >= 11 is 0. The van der Waals surface area contributed by atoms with Gasteiger partial charge in [0.2, 0.25) is 0 Å². The molecule has 0 radical (unpaired) electrons. The largest absolute Gasteiger partial charge is 0.398 e. The number of fused-ring (bicyclic) bond motifs is 1. The highest BCUT2D eigenvalue weighted by molar-refractivity contribution is 5.51. The summed E-state index contributed by atoms with van der Waals surface area (Å²) in [7, 11) is 0. The van der Waals surface area contributed by atoms with E-state index in [4.69, 9.17) is 12.2 Å². The van der Waals surface area contributed by atoms with Gasteiger partial charge in [0, 0.05) is 18.8 Å². The van der Waals surface area contributed by atoms with E-state index in [1.54, 1.807) is 0 Å². The summed E-state index contributed by atoms with van der Waals surface area (Å²) in [4.78, 5) is 2.25. The fraction of sp³-hybridized carbons (Fsp3) is 0.333. The van der Waals surface area contributed by atoms with Crippen LogP contribution in [-0.4, -0.2) is 18.0 Å². The van der Waals surface area contributed by atoms with Crippen molar-refractivity contribution in [2.75, 3.05) is 18.8 Å². The maximum absolute atomic E-state index is 5.92. The molecule has 1 aliphatic heterocycles. The average molecular weight is 186 g/mol. The molecule has 14 heavy (non-hydrogen) atoms. The maximum atomic E-state index is 5.92. The summed E-state index contributed by atoms with van der Waals surface area (Å²) < 4.78 is 0. The Morgan fingerprint density at radius 3 is 3.14 bits per heavy atom. The molecule has 1 aliphatic rings. The number of nitrogens with zero attached hydrogens (tertiary/aromatic N) is 1. The van der Waals surface area contributed by atoms with E-state index in [0.717, 1.165) is 25.2 Å². The van der Waals surface area contributed by atoms with Gasteiger partial charge in [-0.1, -0.05) is 18.1 Å². The Balaban J connectivity index is 2.25. The van der Waals surface area contributed by atoms with Gasteiger partial charge in [0.15, 0.2) is 0 Å². The van der Waals surface area contributed by atoms with Crippen molar-refractivity contribution in [3.05, 3.63) is 29.3 Å². The lowest BCUT2D eigenvalue weighted by molar-refractivity contribution is 0.287. The summed E-state index contributed by atoms with van der Waals surface area (Å²) in [6.45, 7) is 2.65. The van der Waals surface area contributed by atoms with Crippen molar-refractivity contribution in [1.29, 1.82) is 0 Å². The van der Waals surface area contributed by atoms with Crippen LogP contribution in [0.2, 0.25) is 0 Å². The van der Waals surface area contributed by atoms with E-state index < -0.39 is 0 Å². The van der Waals surface area contributed by atoms with Crippen LogP contribution in [0.4, 0.5) is 5.69 Å². The molecule has 0 fully saturated rings. The van der Waals surface area contributed by atoms with Gasteiger partial charge in [0.1, 0.15) is 0 Å². The molecular weight excluding hydrogens is 172 g/mol. The van der Waals surface area contributed by atoms with Crippen LogP contribution in [0.15, 0.2) is 18.2 Å². The number of hydrogen-bond donors (Lipinski definition) is 1. The van der Waals surface area contributed by atoms with Crippen molar-refractivity contribution in [3.8, 4) is 12.3 Å². The third-order valence-corrected chi connectivity index (χ3v) is 2.70. The van der Waals surface area contributed by atoms with E-state index in [-0.39, 0.29) is 0 Å². The number of terminal acetylenes is 1. The molecule has 0 bridgehead atoms. The van der Waals surface area contributed by atoms with Gasteiger partial charge >= 0.3 is 0 Å². The third kappa shape index (κ3) is 1.59. The smallest absolute Gasteiger partial charge is 0.0601 e. The summed E-state index contributed by atoms with van der Waals surface area (Å²) in [5.41, 5.74) is 9.45. The summed E-state index contributed by atoms with van der Waals surface area (Å²) in [5.74, 6) is 2.67. The minimum Gasteiger partial charge on any atom is -0.398 e. The quantitative estimate of drug-likeness (QED) is 0.528. The molecule has 1 aromatic carbocycles. The van der Waals surface area contributed by atoms with E-state index in [1.807, 2.05) is 12.1 Å². The molecule has 1 aromatic rings. The predicted molar refractivity (Wildman–Crippen MR) is 58.7 cm³/mol. The molecule has 0 saturated carbocycles. The highest BCUT2D eigenvalue weighted by Gasteiger charge is 2.16. The summed E-state index contributed by atoms with van der Waals surface area (Å²) in [6.07, 6.45) is 6.35. The van der Waals surface area contributed by atoms with E-state index in [9.17, 15) is 0 Å². The zero-order valence-electron chi connectivity index (χ0n) is 8.16. The van der Waals surface area contributed by atoms with Gasteiger partial charge in [0.25, 0.3) is 0 Å². The number of rotatable bonds is 1. The van der Waals surface area contributed by atoms with Gasteiger partial charge in [-0.15, -0.1) is 6.42 Å². The Hall–Kier alpha value is -1.46. The lowest BCUT2D eigenvalue weighted by atomic mass is 9.98. The first kappa shape index (κ1) is 9.11. The maximum Gasteiger partial charge on any atom is 0.0601 e. The van der Waals surface area contributed by atoms with Crippen molar-refractivity contribution < 1.29 is 0 Å². The van der Waals surface area contributed by atoms with E-state index >= 15 is 0 Å². The zero-order chi connectivity index (χ0) is 9.97. The highest BCUT2D eigenvalue weighted by Crippen LogP contribution is 2.23. The third-order valence-electron chi connectivity index (χ3n) is 2.70. The molecule has 2 heteroatoms. The van der Waals surface area contributed by atoms with Crippen LogP contribution in [0.3, 0.4) is 0 Å². The highest BCUT2D eigenvalue weighted by atomic mass is 15.1. The molecule has 0 aliphatic carbocycles. The van der Waals surface area contributed by atoms with Crippen LogP contribution in [-0.2, 0) is 13.0 Å². The summed E-state index contributed by atoms with van der Waals surface area (Å²) in [6, 6.07) is 6.13. The van der Waals surface area contributed by atoms with Crippen LogP contribution in [0.5, 0.6) is 0 Å². The molecule has 0 spiro atoms. The number of anilines is 1. The Morgan fingerprint density at radius 2 is 2.36 bits per heavy atom. The minimum atomic E-state index is 0.716. The zero-order valence-corrected chi connectivity index (χ0v) is 8.16. The van der Waals surface area contributed by atoms with Gasteiger partial charge in [-0.2, -0.15) is 0 Å². The molecule has 0 aromatic heterocycles. The van der Waals surface area contributed by atoms with Gasteiger partial charge in [-0.25, -0.2) is 0 Å². The first-order valence-corrected chi connectivity index (χ1v) is 4.83. The van der Waals surface area contributed by atoms with Crippen molar-refractivity contribution in [3.63, 3.8) is 0 Å². The van der Waals surface area contributed by atoms with Crippen LogP contribution in [0.25, 0.3) is 0 Å². The van der Waals surface area contributed by atoms with E-state index in [0.29, 0.717) is 6.54 Å². The second kappa shape index (κ2) is 3.73. The van der Waals surface area contributed by atoms with Crippen molar-refractivity contribution in [2.45, 2.75) is 13.0 Å². The van der Waals surface area contributed by atoms with Crippen molar-refractivity contribution in [2.24, 2.45) is 0 Å². The molecule has 1 heterocycles. The molecule has 0 unspecified atom stereocenters. The number of nitrogen functional groups attached to an aromatic ring is 1. The van der Waals surface area contributed by atoms with Crippen LogP contribution < -0.4 is 5.73 Å². The first-order valence-electron chi connectivity index (χ1n) is 4.83. The predicted octanol–water partition coefficient (Wildman–Crippen LogP) is 1.26. The number of nitrogens with two attached hydrogens (primary N) is 1. The lowest BCUT2D eigenvalue weighted by Crippen LogP contribution is -2.31. The first-order chi connectivity index (χ1) is 6.81. The number of benzene rings is 1. The second-order valence-corrected chi connectivity index (χ2v) is 3.65. The SMILES string of the molecule is C#CCN1CCc2cccc(N)c2C1. The monoisotopic (exact) mass is 186 g/mol. The normalized spacial score (nSPS) is 15.9. The Morgan fingerprint density at radius 1 is 1.50 bits per heavy atom. The fourth-order valence-electron chi connectivity index (χ4n) is 1.93. The molecule has 2 rings (SSSR count). The molecule has 0 amide bonds. The molecule has 72 valence electrons. The van der Waals surface area contributed by atoms with Crippen LogP contribution >= 0.6 is 0 Å². The van der Waals surface area contributed by atoms with Crippen LogP contribution in [0.1, 0.15) is 11.1 Å². The Labute approximate surface area is 84.7 Å². The summed E-state index contributed by atoms with van der Waals surface area (Å²) in [5, 5.41) is 0. The minimum absolute atomic E-state index is 0.716. The molecule has 0 saturated heterocycles. The van der Waals surface area contributed by atoms with Gasteiger partial charge in [-0.05, 0) is 23.6 Å². The van der Waals surface area contributed by atoms with Gasteiger partial charge in [0.05, 0.1) is 6.54 Å². The van der Waals surface area contributed by atoms with E-state index in [2.05, 4.69) is 16.9 Å². The van der Waals surface area contributed by atoms with Crippen molar-refractivity contribution >= 4 is 5.69 Å². The molecule has 2 nitrogen and oxygen atoms in total.